The zero-order valence-electron chi connectivity index (χ0n) is 11.1. The number of thiazole rings is 1. The normalized spacial score (nSPS) is 10.2. The lowest BCUT2D eigenvalue weighted by Gasteiger charge is -2.07. The van der Waals surface area contributed by atoms with Crippen LogP contribution in [0, 0.1) is 0 Å². The first kappa shape index (κ1) is 15.3. The van der Waals surface area contributed by atoms with Crippen LogP contribution in [0.5, 0.6) is 5.75 Å². The van der Waals surface area contributed by atoms with E-state index >= 15 is 0 Å². The van der Waals surface area contributed by atoms with E-state index in [1.54, 1.807) is 25.1 Å². The number of ether oxygens (including phenoxy) is 1. The summed E-state index contributed by atoms with van der Waals surface area (Å²) in [7, 11) is -1.93. The second kappa shape index (κ2) is 6.57. The van der Waals surface area contributed by atoms with Crippen molar-refractivity contribution in [2.24, 2.45) is 0 Å². The van der Waals surface area contributed by atoms with E-state index in [1.807, 2.05) is 0 Å². The Hall–Kier alpha value is -2.10. The van der Waals surface area contributed by atoms with Gasteiger partial charge in [0.05, 0.1) is 12.3 Å². The highest BCUT2D eigenvalue weighted by Gasteiger charge is 2.20. The largest absolute Gasteiger partial charge is 0.707 e. The van der Waals surface area contributed by atoms with E-state index in [2.05, 4.69) is 4.98 Å². The Morgan fingerprint density at radius 1 is 1.48 bits per heavy atom. The highest BCUT2D eigenvalue weighted by atomic mass is 32.1. The summed E-state index contributed by atoms with van der Waals surface area (Å²) < 4.78 is 9.73. The summed E-state index contributed by atoms with van der Waals surface area (Å²) in [4.78, 5) is 16.3. The van der Waals surface area contributed by atoms with E-state index in [9.17, 15) is 4.79 Å². The maximum atomic E-state index is 11.9. The van der Waals surface area contributed by atoms with Crippen LogP contribution in [0.15, 0.2) is 24.3 Å². The smallest absolute Gasteiger partial charge is 0.512 e. The molecule has 1 aromatic heterocycles. The van der Waals surface area contributed by atoms with Crippen LogP contribution in [0.1, 0.15) is 16.6 Å². The molecule has 0 fully saturated rings. The molecular formula is C12H13BN2O5S. The molecule has 0 atom stereocenters. The fourth-order valence-corrected chi connectivity index (χ4v) is 2.45. The summed E-state index contributed by atoms with van der Waals surface area (Å²) in [5.74, 6) is -0.279. The zero-order valence-corrected chi connectivity index (χ0v) is 12.0. The average molecular weight is 308 g/mol. The SMILES string of the molecule is CCOC(=O)c1sc(N)nc1-c1cccc(OB(O)O)c1. The molecule has 0 saturated heterocycles. The van der Waals surface area contributed by atoms with E-state index in [4.69, 9.17) is 25.2 Å². The fourth-order valence-electron chi connectivity index (χ4n) is 1.71. The second-order valence-electron chi connectivity index (χ2n) is 3.92. The molecule has 1 aromatic carbocycles. The van der Waals surface area contributed by atoms with Crippen molar-refractivity contribution in [3.05, 3.63) is 29.1 Å². The van der Waals surface area contributed by atoms with Crippen molar-refractivity contribution in [2.45, 2.75) is 6.92 Å². The lowest BCUT2D eigenvalue weighted by Crippen LogP contribution is -2.20. The van der Waals surface area contributed by atoms with Gasteiger partial charge in [-0.3, -0.25) is 0 Å². The number of nitrogens with zero attached hydrogens (tertiary/aromatic N) is 1. The number of esters is 1. The van der Waals surface area contributed by atoms with E-state index in [0.29, 0.717) is 11.3 Å². The van der Waals surface area contributed by atoms with Crippen molar-refractivity contribution in [1.82, 2.24) is 4.98 Å². The molecule has 21 heavy (non-hydrogen) atoms. The third-order valence-corrected chi connectivity index (χ3v) is 3.32. The topological polar surface area (TPSA) is 115 Å². The molecule has 0 aliphatic carbocycles. The van der Waals surface area contributed by atoms with Gasteiger partial charge < -0.3 is 25.2 Å². The number of benzene rings is 1. The molecule has 0 amide bonds. The van der Waals surface area contributed by atoms with Gasteiger partial charge in [-0.05, 0) is 19.1 Å². The van der Waals surface area contributed by atoms with Crippen molar-refractivity contribution < 1.29 is 24.2 Å². The molecule has 0 aliphatic rings. The summed E-state index contributed by atoms with van der Waals surface area (Å²) in [6.07, 6.45) is 0. The van der Waals surface area contributed by atoms with Crippen LogP contribution in [-0.2, 0) is 4.74 Å². The van der Waals surface area contributed by atoms with Gasteiger partial charge in [0.2, 0.25) is 0 Å². The van der Waals surface area contributed by atoms with Gasteiger partial charge in [0, 0.05) is 5.56 Å². The molecule has 2 aromatic rings. The van der Waals surface area contributed by atoms with Gasteiger partial charge in [-0.2, -0.15) is 0 Å². The Morgan fingerprint density at radius 2 is 2.24 bits per heavy atom. The average Bonchev–Trinajstić information content (AvgIpc) is 2.81. The second-order valence-corrected chi connectivity index (χ2v) is 4.95. The molecule has 7 nitrogen and oxygen atoms in total. The number of carbonyl (C=O) groups is 1. The highest BCUT2D eigenvalue weighted by Crippen LogP contribution is 2.32. The molecule has 0 bridgehead atoms. The Kier molecular flexibility index (Phi) is 4.79. The first-order valence-corrected chi connectivity index (χ1v) is 6.89. The molecule has 0 saturated carbocycles. The van der Waals surface area contributed by atoms with Crippen LogP contribution >= 0.6 is 11.3 Å². The monoisotopic (exact) mass is 308 g/mol. The molecule has 0 spiro atoms. The van der Waals surface area contributed by atoms with Crippen LogP contribution in [0.25, 0.3) is 11.3 Å². The minimum atomic E-state index is -1.93. The fraction of sp³-hybridized carbons (Fsp3) is 0.167. The van der Waals surface area contributed by atoms with Crippen molar-refractivity contribution in [3.8, 4) is 17.0 Å². The van der Waals surface area contributed by atoms with Crippen LogP contribution < -0.4 is 10.4 Å². The van der Waals surface area contributed by atoms with Gasteiger partial charge in [-0.25, -0.2) is 9.78 Å². The van der Waals surface area contributed by atoms with Crippen LogP contribution in [0.3, 0.4) is 0 Å². The number of hydrogen-bond acceptors (Lipinski definition) is 8. The summed E-state index contributed by atoms with van der Waals surface area (Å²) in [6.45, 7) is 1.95. The molecule has 0 unspecified atom stereocenters. The summed E-state index contributed by atoms with van der Waals surface area (Å²) in [5.41, 5.74) is 6.59. The maximum Gasteiger partial charge on any atom is 0.707 e. The van der Waals surface area contributed by atoms with Crippen molar-refractivity contribution >= 4 is 29.8 Å². The van der Waals surface area contributed by atoms with E-state index in [1.165, 1.54) is 6.07 Å². The number of rotatable bonds is 5. The molecule has 4 N–H and O–H groups in total. The third-order valence-electron chi connectivity index (χ3n) is 2.45. The summed E-state index contributed by atoms with van der Waals surface area (Å²) >= 11 is 1.03. The zero-order chi connectivity index (χ0) is 15.4. The molecule has 0 radical (unpaired) electrons. The number of hydrogen-bond donors (Lipinski definition) is 3. The third kappa shape index (κ3) is 3.72. The van der Waals surface area contributed by atoms with Gasteiger partial charge >= 0.3 is 13.3 Å². The number of carbonyl (C=O) groups excluding carboxylic acids is 1. The standard InChI is InChI=1S/C12H13BN2O5S/c1-2-19-11(16)10-9(15-12(14)21-10)7-4-3-5-8(6-7)20-13(17)18/h3-6,17-18H,2H2,1H3,(H2,14,15). The Morgan fingerprint density at radius 3 is 2.90 bits per heavy atom. The first-order valence-electron chi connectivity index (χ1n) is 6.08. The molecule has 9 heteroatoms. The van der Waals surface area contributed by atoms with E-state index in [0.717, 1.165) is 11.3 Å². The van der Waals surface area contributed by atoms with Gasteiger partial charge in [-0.15, -0.1) is 0 Å². The highest BCUT2D eigenvalue weighted by molar-refractivity contribution is 7.17. The van der Waals surface area contributed by atoms with Crippen LogP contribution in [0.2, 0.25) is 0 Å². The molecule has 110 valence electrons. The Bertz CT molecular complexity index is 646. The van der Waals surface area contributed by atoms with Crippen LogP contribution in [0.4, 0.5) is 5.13 Å². The number of nitrogens with two attached hydrogens (primary N) is 1. The lowest BCUT2D eigenvalue weighted by atomic mass is 10.1. The van der Waals surface area contributed by atoms with Gasteiger partial charge in [-0.1, -0.05) is 23.5 Å². The number of anilines is 1. The van der Waals surface area contributed by atoms with E-state index < -0.39 is 13.3 Å². The quantitative estimate of drug-likeness (QED) is 0.555. The summed E-state index contributed by atoms with van der Waals surface area (Å²) in [6, 6.07) is 6.41. The van der Waals surface area contributed by atoms with Crippen molar-refractivity contribution in [3.63, 3.8) is 0 Å². The molecular weight excluding hydrogens is 295 g/mol. The van der Waals surface area contributed by atoms with Crippen molar-refractivity contribution in [2.75, 3.05) is 12.3 Å². The minimum Gasteiger partial charge on any atom is -0.512 e. The van der Waals surface area contributed by atoms with Crippen molar-refractivity contribution in [1.29, 1.82) is 0 Å². The maximum absolute atomic E-state index is 11.9. The lowest BCUT2D eigenvalue weighted by molar-refractivity contribution is 0.0532. The number of aromatic nitrogens is 1. The van der Waals surface area contributed by atoms with Gasteiger partial charge in [0.1, 0.15) is 10.6 Å². The van der Waals surface area contributed by atoms with Crippen LogP contribution in [-0.4, -0.2) is 34.9 Å². The molecule has 2 rings (SSSR count). The molecule has 1 heterocycles. The predicted molar refractivity (Wildman–Crippen MR) is 78.7 cm³/mol. The van der Waals surface area contributed by atoms with Gasteiger partial charge in [0.15, 0.2) is 5.13 Å². The molecule has 0 aliphatic heterocycles. The predicted octanol–water partition coefficient (Wildman–Crippen LogP) is 0.917. The summed E-state index contributed by atoms with van der Waals surface area (Å²) in [5, 5.41) is 17.9. The van der Waals surface area contributed by atoms with E-state index in [-0.39, 0.29) is 22.4 Å². The minimum absolute atomic E-state index is 0.226. The number of nitrogen functional groups attached to an aromatic ring is 1. The van der Waals surface area contributed by atoms with Gasteiger partial charge in [0.25, 0.3) is 0 Å². The Labute approximate surface area is 125 Å². The Balaban J connectivity index is 2.39. The first-order chi connectivity index (χ1) is 10.0.